The number of esters is 1. The number of benzene rings is 1. The molecule has 1 atom stereocenters. The van der Waals surface area contributed by atoms with Crippen LogP contribution in [0.3, 0.4) is 0 Å². The van der Waals surface area contributed by atoms with Gasteiger partial charge in [0.25, 0.3) is 5.91 Å². The molecular formula is C19H17N3O4S. The fourth-order valence-electron chi connectivity index (χ4n) is 2.22. The van der Waals surface area contributed by atoms with Crippen molar-refractivity contribution in [2.24, 2.45) is 0 Å². The number of nitrogens with zero attached hydrogens (tertiary/aromatic N) is 2. The summed E-state index contributed by atoms with van der Waals surface area (Å²) in [5.41, 5.74) is 1.93. The minimum absolute atomic E-state index is 0.333. The molecule has 0 bridgehead atoms. The smallest absolute Gasteiger partial charge is 0.339 e. The van der Waals surface area contributed by atoms with Crippen LogP contribution in [0, 0.1) is 0 Å². The zero-order valence-electron chi connectivity index (χ0n) is 14.7. The summed E-state index contributed by atoms with van der Waals surface area (Å²) in [6, 6.07) is 10.5. The van der Waals surface area contributed by atoms with Crippen LogP contribution in [0.25, 0.3) is 11.3 Å². The molecule has 3 aromatic rings. The third-order valence-electron chi connectivity index (χ3n) is 3.67. The first-order valence-corrected chi connectivity index (χ1v) is 8.96. The Morgan fingerprint density at radius 1 is 1.19 bits per heavy atom. The summed E-state index contributed by atoms with van der Waals surface area (Å²) in [6.07, 6.45) is 2.00. The van der Waals surface area contributed by atoms with Crippen LogP contribution >= 0.6 is 11.3 Å². The minimum Gasteiger partial charge on any atom is -0.497 e. The van der Waals surface area contributed by atoms with Crippen molar-refractivity contribution in [2.45, 2.75) is 13.0 Å². The SMILES string of the molecule is COc1cccc(-c2csc(NC(=O)C(C)OC(=O)c3ccncc3)n2)c1. The van der Waals surface area contributed by atoms with E-state index in [0.29, 0.717) is 10.7 Å². The first-order valence-electron chi connectivity index (χ1n) is 8.08. The van der Waals surface area contributed by atoms with Gasteiger partial charge in [0.15, 0.2) is 11.2 Å². The predicted molar refractivity (Wildman–Crippen MR) is 102 cm³/mol. The van der Waals surface area contributed by atoms with Gasteiger partial charge in [-0.05, 0) is 31.2 Å². The van der Waals surface area contributed by atoms with Gasteiger partial charge in [-0.15, -0.1) is 11.3 Å². The maximum Gasteiger partial charge on any atom is 0.339 e. The summed E-state index contributed by atoms with van der Waals surface area (Å²) in [5.74, 6) is -0.317. The lowest BCUT2D eigenvalue weighted by atomic mass is 10.2. The monoisotopic (exact) mass is 383 g/mol. The van der Waals surface area contributed by atoms with E-state index in [0.717, 1.165) is 17.0 Å². The number of rotatable bonds is 6. The van der Waals surface area contributed by atoms with Crippen molar-refractivity contribution >= 4 is 28.3 Å². The van der Waals surface area contributed by atoms with Crippen LogP contribution in [-0.4, -0.2) is 35.1 Å². The minimum atomic E-state index is -0.963. The van der Waals surface area contributed by atoms with Crippen molar-refractivity contribution in [3.05, 3.63) is 59.7 Å². The van der Waals surface area contributed by atoms with Crippen LogP contribution in [0.1, 0.15) is 17.3 Å². The van der Waals surface area contributed by atoms with Crippen molar-refractivity contribution in [1.82, 2.24) is 9.97 Å². The highest BCUT2D eigenvalue weighted by atomic mass is 32.1. The van der Waals surface area contributed by atoms with E-state index in [1.807, 2.05) is 29.6 Å². The molecule has 0 saturated heterocycles. The molecule has 0 radical (unpaired) electrons. The number of hydrogen-bond acceptors (Lipinski definition) is 7. The first kappa shape index (κ1) is 18.5. The molecule has 1 amide bonds. The number of pyridine rings is 1. The van der Waals surface area contributed by atoms with Crippen molar-refractivity contribution in [2.75, 3.05) is 12.4 Å². The number of amides is 1. The number of aromatic nitrogens is 2. The van der Waals surface area contributed by atoms with Gasteiger partial charge in [-0.1, -0.05) is 12.1 Å². The number of nitrogens with one attached hydrogen (secondary N) is 1. The lowest BCUT2D eigenvalue weighted by Crippen LogP contribution is -2.29. The average Bonchev–Trinajstić information content (AvgIpc) is 3.17. The van der Waals surface area contributed by atoms with Crippen molar-refractivity contribution in [1.29, 1.82) is 0 Å². The maximum atomic E-state index is 12.3. The van der Waals surface area contributed by atoms with Crippen molar-refractivity contribution < 1.29 is 19.1 Å². The van der Waals surface area contributed by atoms with Gasteiger partial charge in [0, 0.05) is 23.3 Å². The Hall–Kier alpha value is -3.26. The van der Waals surface area contributed by atoms with Crippen molar-refractivity contribution in [3.8, 4) is 17.0 Å². The lowest BCUT2D eigenvalue weighted by molar-refractivity contribution is -0.123. The van der Waals surface area contributed by atoms with Gasteiger partial charge >= 0.3 is 5.97 Å². The van der Waals surface area contributed by atoms with E-state index in [1.54, 1.807) is 7.11 Å². The molecule has 1 aromatic carbocycles. The number of carbonyl (C=O) groups is 2. The van der Waals surface area contributed by atoms with Gasteiger partial charge in [-0.25, -0.2) is 9.78 Å². The fourth-order valence-corrected chi connectivity index (χ4v) is 2.95. The Morgan fingerprint density at radius 3 is 2.70 bits per heavy atom. The number of anilines is 1. The van der Waals surface area contributed by atoms with Crippen LogP contribution in [-0.2, 0) is 9.53 Å². The van der Waals surface area contributed by atoms with Gasteiger partial charge in [0.1, 0.15) is 5.75 Å². The first-order chi connectivity index (χ1) is 13.1. The second kappa shape index (κ2) is 8.41. The summed E-state index contributed by atoms with van der Waals surface area (Å²) < 4.78 is 10.4. The van der Waals surface area contributed by atoms with E-state index in [9.17, 15) is 9.59 Å². The summed E-state index contributed by atoms with van der Waals surface area (Å²) in [4.78, 5) is 32.5. The second-order valence-corrected chi connectivity index (χ2v) is 6.40. The Balaban J connectivity index is 1.62. The fraction of sp³-hybridized carbons (Fsp3) is 0.158. The summed E-state index contributed by atoms with van der Waals surface area (Å²) in [5, 5.41) is 4.92. The van der Waals surface area contributed by atoms with E-state index >= 15 is 0 Å². The normalized spacial score (nSPS) is 11.5. The topological polar surface area (TPSA) is 90.4 Å². The van der Waals surface area contributed by atoms with Gasteiger partial charge < -0.3 is 9.47 Å². The van der Waals surface area contributed by atoms with Crippen LogP contribution in [0.2, 0.25) is 0 Å². The highest BCUT2D eigenvalue weighted by molar-refractivity contribution is 7.14. The van der Waals surface area contributed by atoms with Crippen LogP contribution in [0.5, 0.6) is 5.75 Å². The lowest BCUT2D eigenvalue weighted by Gasteiger charge is -2.12. The van der Waals surface area contributed by atoms with Crippen LogP contribution in [0.4, 0.5) is 5.13 Å². The molecule has 2 aromatic heterocycles. The zero-order chi connectivity index (χ0) is 19.2. The number of ether oxygens (including phenoxy) is 2. The Bertz CT molecular complexity index is 943. The molecule has 0 saturated carbocycles. The van der Waals surface area contributed by atoms with E-state index in [1.165, 1.54) is 42.8 Å². The van der Waals surface area contributed by atoms with Crippen molar-refractivity contribution in [3.63, 3.8) is 0 Å². The maximum absolute atomic E-state index is 12.3. The average molecular weight is 383 g/mol. The van der Waals surface area contributed by atoms with E-state index in [4.69, 9.17) is 9.47 Å². The third kappa shape index (κ3) is 4.68. The van der Waals surface area contributed by atoms with E-state index in [-0.39, 0.29) is 0 Å². The summed E-state index contributed by atoms with van der Waals surface area (Å²) >= 11 is 1.29. The molecule has 0 fully saturated rings. The van der Waals surface area contributed by atoms with Crippen LogP contribution < -0.4 is 10.1 Å². The molecule has 1 unspecified atom stereocenters. The molecule has 1 N–H and O–H groups in total. The van der Waals surface area contributed by atoms with Gasteiger partial charge in [-0.2, -0.15) is 0 Å². The molecule has 0 spiro atoms. The molecule has 0 aliphatic carbocycles. The largest absolute Gasteiger partial charge is 0.497 e. The molecule has 0 aliphatic rings. The molecule has 138 valence electrons. The third-order valence-corrected chi connectivity index (χ3v) is 4.43. The van der Waals surface area contributed by atoms with E-state index in [2.05, 4.69) is 15.3 Å². The summed E-state index contributed by atoms with van der Waals surface area (Å²) in [6.45, 7) is 1.50. The molecule has 27 heavy (non-hydrogen) atoms. The zero-order valence-corrected chi connectivity index (χ0v) is 15.5. The number of methoxy groups -OCH3 is 1. The van der Waals surface area contributed by atoms with E-state index < -0.39 is 18.0 Å². The van der Waals surface area contributed by atoms with Gasteiger partial charge in [-0.3, -0.25) is 15.1 Å². The predicted octanol–water partition coefficient (Wildman–Crippen LogP) is 3.40. The Kier molecular flexibility index (Phi) is 5.77. The van der Waals surface area contributed by atoms with Gasteiger partial charge in [0.05, 0.1) is 18.4 Å². The quantitative estimate of drug-likeness (QED) is 0.656. The number of hydrogen-bond donors (Lipinski definition) is 1. The number of thiazole rings is 1. The summed E-state index contributed by atoms with van der Waals surface area (Å²) in [7, 11) is 1.60. The second-order valence-electron chi connectivity index (χ2n) is 5.54. The van der Waals surface area contributed by atoms with Gasteiger partial charge in [0.2, 0.25) is 0 Å². The Morgan fingerprint density at radius 2 is 1.96 bits per heavy atom. The molecule has 3 rings (SSSR count). The van der Waals surface area contributed by atoms with Crippen LogP contribution in [0.15, 0.2) is 54.2 Å². The highest BCUT2D eigenvalue weighted by Crippen LogP contribution is 2.27. The molecule has 7 nitrogen and oxygen atoms in total. The molecule has 2 heterocycles. The molecule has 0 aliphatic heterocycles. The Labute approximate surface area is 160 Å². The molecule has 8 heteroatoms. The highest BCUT2D eigenvalue weighted by Gasteiger charge is 2.20. The standard InChI is InChI=1S/C19H17N3O4S/c1-12(26-18(24)13-6-8-20-9-7-13)17(23)22-19-21-16(11-27-19)14-4-3-5-15(10-14)25-2/h3-12H,1-2H3,(H,21,22,23). The number of carbonyl (C=O) groups excluding carboxylic acids is 2. The molecular weight excluding hydrogens is 366 g/mol.